The summed E-state index contributed by atoms with van der Waals surface area (Å²) in [5.41, 5.74) is 2.35. The van der Waals surface area contributed by atoms with E-state index in [4.69, 9.17) is 0 Å². The van der Waals surface area contributed by atoms with Gasteiger partial charge in [0.25, 0.3) is 0 Å². The van der Waals surface area contributed by atoms with Gasteiger partial charge in [-0.2, -0.15) is 0 Å². The van der Waals surface area contributed by atoms with Crippen LogP contribution in [0.15, 0.2) is 48.5 Å². The summed E-state index contributed by atoms with van der Waals surface area (Å²) < 4.78 is 0. The average molecular weight is 296 g/mol. The van der Waals surface area contributed by atoms with Crippen LogP contribution < -0.4 is 0 Å². The molecule has 2 aromatic carbocycles. The van der Waals surface area contributed by atoms with Crippen molar-refractivity contribution in [3.8, 4) is 11.1 Å². The molecule has 3 rings (SSSR count). The highest BCUT2D eigenvalue weighted by molar-refractivity contribution is 5.87. The van der Waals surface area contributed by atoms with E-state index in [0.29, 0.717) is 0 Å². The fourth-order valence-corrected chi connectivity index (χ4v) is 3.46. The van der Waals surface area contributed by atoms with E-state index < -0.39 is 29.7 Å². The lowest BCUT2D eigenvalue weighted by atomic mass is 9.70. The fourth-order valence-electron chi connectivity index (χ4n) is 3.46. The first-order valence-corrected chi connectivity index (χ1v) is 7.08. The van der Waals surface area contributed by atoms with Gasteiger partial charge in [-0.1, -0.05) is 48.5 Å². The molecule has 0 radical (unpaired) electrons. The molecule has 112 valence electrons. The van der Waals surface area contributed by atoms with Crippen LogP contribution in [-0.2, 0) is 9.59 Å². The zero-order valence-corrected chi connectivity index (χ0v) is 12.1. The zero-order valence-electron chi connectivity index (χ0n) is 12.1. The summed E-state index contributed by atoms with van der Waals surface area (Å²) in [5.74, 6) is -2.66. The van der Waals surface area contributed by atoms with Crippen molar-refractivity contribution in [3.05, 3.63) is 59.7 Å². The minimum absolute atomic E-state index is 0.421. The monoisotopic (exact) mass is 296 g/mol. The number of benzene rings is 2. The number of fused-ring (bicyclic) bond motifs is 3. The van der Waals surface area contributed by atoms with Gasteiger partial charge in [0, 0.05) is 5.92 Å². The molecule has 0 saturated heterocycles. The quantitative estimate of drug-likeness (QED) is 0.907. The van der Waals surface area contributed by atoms with Gasteiger partial charge in [-0.3, -0.25) is 9.59 Å². The third kappa shape index (κ3) is 1.99. The number of carboxylic acid groups (broad SMARTS) is 2. The molecule has 2 aromatic rings. The van der Waals surface area contributed by atoms with Crippen molar-refractivity contribution < 1.29 is 19.8 Å². The average Bonchev–Trinajstić information content (AvgIpc) is 2.81. The molecule has 1 atom stereocenters. The van der Waals surface area contributed by atoms with E-state index in [1.54, 1.807) is 0 Å². The lowest BCUT2D eigenvalue weighted by Gasteiger charge is -2.31. The summed E-state index contributed by atoms with van der Waals surface area (Å²) in [5, 5.41) is 18.9. The molecule has 0 amide bonds. The summed E-state index contributed by atoms with van der Waals surface area (Å²) in [6, 6.07) is 15.2. The SMILES string of the molecule is CC(CC(=O)O)(C(=O)O)C1c2ccccc2-c2ccccc21. The van der Waals surface area contributed by atoms with E-state index in [0.717, 1.165) is 22.3 Å². The standard InChI is InChI=1S/C18H16O4/c1-18(17(21)22,10-15(19)20)16-13-8-4-2-6-11(13)12-7-3-5-9-14(12)16/h2-9,16H,10H2,1H3,(H,19,20)(H,21,22). The minimum atomic E-state index is -1.39. The third-order valence-corrected chi connectivity index (χ3v) is 4.48. The molecule has 4 heteroatoms. The molecule has 1 aliphatic rings. The van der Waals surface area contributed by atoms with E-state index in [1.807, 2.05) is 48.5 Å². The van der Waals surface area contributed by atoms with Crippen LogP contribution in [0.1, 0.15) is 30.4 Å². The summed E-state index contributed by atoms with van der Waals surface area (Å²) in [7, 11) is 0. The largest absolute Gasteiger partial charge is 0.481 e. The molecule has 0 saturated carbocycles. The second-order valence-corrected chi connectivity index (χ2v) is 5.90. The first-order valence-electron chi connectivity index (χ1n) is 7.08. The van der Waals surface area contributed by atoms with Crippen molar-refractivity contribution in [2.24, 2.45) is 5.41 Å². The summed E-state index contributed by atoms with van der Waals surface area (Å²) >= 11 is 0. The fraction of sp³-hybridized carbons (Fsp3) is 0.222. The van der Waals surface area contributed by atoms with Gasteiger partial charge < -0.3 is 10.2 Å². The molecule has 1 unspecified atom stereocenters. The Labute approximate surface area is 128 Å². The topological polar surface area (TPSA) is 74.6 Å². The number of carbonyl (C=O) groups is 2. The molecule has 0 heterocycles. The smallest absolute Gasteiger partial charge is 0.310 e. The molecule has 22 heavy (non-hydrogen) atoms. The highest BCUT2D eigenvalue weighted by Crippen LogP contribution is 2.53. The van der Waals surface area contributed by atoms with E-state index in [2.05, 4.69) is 0 Å². The van der Waals surface area contributed by atoms with Gasteiger partial charge in [-0.25, -0.2) is 0 Å². The van der Waals surface area contributed by atoms with Gasteiger partial charge in [-0.05, 0) is 29.2 Å². The predicted octanol–water partition coefficient (Wildman–Crippen LogP) is 3.36. The zero-order chi connectivity index (χ0) is 15.9. The van der Waals surface area contributed by atoms with Crippen molar-refractivity contribution in [3.63, 3.8) is 0 Å². The molecular formula is C18H16O4. The Morgan fingerprint density at radius 3 is 1.82 bits per heavy atom. The maximum atomic E-state index is 11.9. The second-order valence-electron chi connectivity index (χ2n) is 5.90. The Hall–Kier alpha value is -2.62. The number of aliphatic carboxylic acids is 2. The Morgan fingerprint density at radius 1 is 0.955 bits per heavy atom. The van der Waals surface area contributed by atoms with E-state index in [-0.39, 0.29) is 0 Å². The molecule has 0 aromatic heterocycles. The number of hydrogen-bond acceptors (Lipinski definition) is 2. The normalized spacial score (nSPS) is 15.7. The summed E-state index contributed by atoms with van der Waals surface area (Å²) in [6.45, 7) is 1.52. The van der Waals surface area contributed by atoms with Crippen LogP contribution in [-0.4, -0.2) is 22.2 Å². The van der Waals surface area contributed by atoms with Gasteiger partial charge >= 0.3 is 11.9 Å². The molecule has 1 aliphatic carbocycles. The third-order valence-electron chi connectivity index (χ3n) is 4.48. The Kier molecular flexibility index (Phi) is 3.24. The number of carboxylic acids is 2. The highest BCUT2D eigenvalue weighted by Gasteiger charge is 2.48. The minimum Gasteiger partial charge on any atom is -0.481 e. The molecule has 2 N–H and O–H groups in total. The lowest BCUT2D eigenvalue weighted by molar-refractivity contribution is -0.155. The Bertz CT molecular complexity index is 720. The molecule has 0 aliphatic heterocycles. The van der Waals surface area contributed by atoms with Crippen LogP contribution in [0.5, 0.6) is 0 Å². The van der Waals surface area contributed by atoms with Crippen molar-refractivity contribution >= 4 is 11.9 Å². The van der Waals surface area contributed by atoms with Crippen LogP contribution in [0.25, 0.3) is 11.1 Å². The summed E-state index contributed by atoms with van der Waals surface area (Å²) in [4.78, 5) is 23.1. The van der Waals surface area contributed by atoms with Gasteiger partial charge in [0.1, 0.15) is 0 Å². The van der Waals surface area contributed by atoms with Crippen molar-refractivity contribution in [1.29, 1.82) is 0 Å². The molecule has 0 spiro atoms. The van der Waals surface area contributed by atoms with Crippen LogP contribution in [0.4, 0.5) is 0 Å². The first-order chi connectivity index (χ1) is 10.4. The van der Waals surface area contributed by atoms with Crippen LogP contribution >= 0.6 is 0 Å². The van der Waals surface area contributed by atoms with Gasteiger partial charge in [0.05, 0.1) is 11.8 Å². The Morgan fingerprint density at radius 2 is 1.41 bits per heavy atom. The van der Waals surface area contributed by atoms with E-state index in [9.17, 15) is 19.8 Å². The maximum Gasteiger partial charge on any atom is 0.310 e. The maximum absolute atomic E-state index is 11.9. The molecule has 0 fully saturated rings. The lowest BCUT2D eigenvalue weighted by Crippen LogP contribution is -2.36. The first kappa shape index (κ1) is 14.3. The summed E-state index contributed by atoms with van der Waals surface area (Å²) in [6.07, 6.45) is -0.421. The van der Waals surface area contributed by atoms with Crippen LogP contribution in [0.3, 0.4) is 0 Å². The Balaban J connectivity index is 2.25. The van der Waals surface area contributed by atoms with Crippen LogP contribution in [0.2, 0.25) is 0 Å². The van der Waals surface area contributed by atoms with Crippen LogP contribution in [0, 0.1) is 5.41 Å². The molecule has 4 nitrogen and oxygen atoms in total. The van der Waals surface area contributed by atoms with Crippen molar-refractivity contribution in [2.75, 3.05) is 0 Å². The van der Waals surface area contributed by atoms with Crippen molar-refractivity contribution in [2.45, 2.75) is 19.3 Å². The predicted molar refractivity (Wildman–Crippen MR) is 81.7 cm³/mol. The second kappa shape index (κ2) is 4.98. The van der Waals surface area contributed by atoms with E-state index in [1.165, 1.54) is 6.92 Å². The van der Waals surface area contributed by atoms with Gasteiger partial charge in [0.2, 0.25) is 0 Å². The number of rotatable bonds is 4. The van der Waals surface area contributed by atoms with Gasteiger partial charge in [-0.15, -0.1) is 0 Å². The molecular weight excluding hydrogens is 280 g/mol. The number of hydrogen-bond donors (Lipinski definition) is 2. The highest BCUT2D eigenvalue weighted by atomic mass is 16.4. The van der Waals surface area contributed by atoms with Crippen molar-refractivity contribution in [1.82, 2.24) is 0 Å². The van der Waals surface area contributed by atoms with E-state index >= 15 is 0 Å². The van der Waals surface area contributed by atoms with Gasteiger partial charge in [0.15, 0.2) is 0 Å². The molecule has 0 bridgehead atoms.